The zero-order valence-electron chi connectivity index (χ0n) is 16.0. The molecule has 0 bridgehead atoms. The first kappa shape index (κ1) is 19.5. The van der Waals surface area contributed by atoms with Crippen molar-refractivity contribution in [1.82, 2.24) is 9.78 Å². The Hall–Kier alpha value is -3.22. The van der Waals surface area contributed by atoms with Gasteiger partial charge in [0.1, 0.15) is 17.5 Å². The Kier molecular flexibility index (Phi) is 4.93. The minimum Gasteiger partial charge on any atom is -0.478 e. The van der Waals surface area contributed by atoms with Crippen molar-refractivity contribution in [3.63, 3.8) is 0 Å². The van der Waals surface area contributed by atoms with Gasteiger partial charge in [0.25, 0.3) is 0 Å². The molecule has 3 rings (SSSR count). The van der Waals surface area contributed by atoms with Gasteiger partial charge in [-0.1, -0.05) is 26.8 Å². The van der Waals surface area contributed by atoms with E-state index in [1.807, 2.05) is 27.7 Å². The molecule has 2 aromatic carbocycles. The van der Waals surface area contributed by atoms with E-state index in [9.17, 15) is 18.7 Å². The summed E-state index contributed by atoms with van der Waals surface area (Å²) in [6.07, 6.45) is 0. The molecule has 0 atom stereocenters. The van der Waals surface area contributed by atoms with Crippen LogP contribution in [0.2, 0.25) is 0 Å². The molecular weight excluding hydrogens is 364 g/mol. The Bertz CT molecular complexity index is 1050. The standard InChI is InChI=1S/C21H21F2N3O2/c1-12-5-6-14(23)10-17(12)26-19(11-18(25-26)21(2,3)4)24-16-9-13(22)7-8-15(16)20(27)28/h5-11,24H,1-4H3,(H,27,28). The summed E-state index contributed by atoms with van der Waals surface area (Å²) in [5.74, 6) is -1.77. The molecule has 5 nitrogen and oxygen atoms in total. The number of halogens is 2. The van der Waals surface area contributed by atoms with Crippen molar-refractivity contribution in [2.75, 3.05) is 5.32 Å². The highest BCUT2D eigenvalue weighted by atomic mass is 19.1. The molecule has 28 heavy (non-hydrogen) atoms. The van der Waals surface area contributed by atoms with Gasteiger partial charge >= 0.3 is 5.97 Å². The zero-order chi connectivity index (χ0) is 20.6. The number of rotatable bonds is 4. The molecule has 7 heteroatoms. The summed E-state index contributed by atoms with van der Waals surface area (Å²) in [5, 5.41) is 17.0. The predicted molar refractivity (Wildman–Crippen MR) is 104 cm³/mol. The average Bonchev–Trinajstić information content (AvgIpc) is 3.01. The minimum absolute atomic E-state index is 0.0811. The first-order valence-corrected chi connectivity index (χ1v) is 8.73. The normalized spacial score (nSPS) is 11.5. The Morgan fingerprint density at radius 3 is 2.36 bits per heavy atom. The average molecular weight is 385 g/mol. The summed E-state index contributed by atoms with van der Waals surface area (Å²) in [7, 11) is 0. The van der Waals surface area contributed by atoms with E-state index in [0.29, 0.717) is 17.2 Å². The highest BCUT2D eigenvalue weighted by molar-refractivity contribution is 5.95. The lowest BCUT2D eigenvalue weighted by Gasteiger charge is -2.14. The van der Waals surface area contributed by atoms with Crippen molar-refractivity contribution in [1.29, 1.82) is 0 Å². The van der Waals surface area contributed by atoms with E-state index in [1.165, 1.54) is 22.9 Å². The number of carboxylic acid groups (broad SMARTS) is 1. The Morgan fingerprint density at radius 1 is 1.07 bits per heavy atom. The quantitative estimate of drug-likeness (QED) is 0.648. The Morgan fingerprint density at radius 2 is 1.71 bits per heavy atom. The van der Waals surface area contributed by atoms with Gasteiger partial charge in [-0.15, -0.1) is 0 Å². The Labute approximate surface area is 161 Å². The number of anilines is 2. The number of benzene rings is 2. The number of aromatic carboxylic acids is 1. The van der Waals surface area contributed by atoms with E-state index >= 15 is 0 Å². The van der Waals surface area contributed by atoms with Crippen LogP contribution in [0.15, 0.2) is 42.5 Å². The van der Waals surface area contributed by atoms with Crippen molar-refractivity contribution in [3.05, 3.63) is 70.9 Å². The van der Waals surface area contributed by atoms with Gasteiger partial charge in [0.15, 0.2) is 0 Å². The van der Waals surface area contributed by atoms with E-state index in [0.717, 1.165) is 17.7 Å². The number of aromatic nitrogens is 2. The molecule has 0 aliphatic carbocycles. The van der Waals surface area contributed by atoms with E-state index in [2.05, 4.69) is 10.4 Å². The Balaban J connectivity index is 2.19. The maximum atomic E-state index is 13.9. The van der Waals surface area contributed by atoms with Gasteiger partial charge in [-0.3, -0.25) is 0 Å². The van der Waals surface area contributed by atoms with E-state index < -0.39 is 17.6 Å². The number of hydrogen-bond donors (Lipinski definition) is 2. The number of nitrogens with one attached hydrogen (secondary N) is 1. The second-order valence-electron chi connectivity index (χ2n) is 7.63. The lowest BCUT2D eigenvalue weighted by atomic mass is 9.92. The number of carbonyl (C=O) groups is 1. The van der Waals surface area contributed by atoms with Gasteiger partial charge in [-0.2, -0.15) is 5.10 Å². The van der Waals surface area contributed by atoms with Crippen LogP contribution in [0, 0.1) is 18.6 Å². The van der Waals surface area contributed by atoms with Gasteiger partial charge < -0.3 is 10.4 Å². The molecule has 3 aromatic rings. The number of aryl methyl sites for hydroxylation is 1. The second kappa shape index (κ2) is 7.07. The van der Waals surface area contributed by atoms with Crippen molar-refractivity contribution in [2.24, 2.45) is 0 Å². The minimum atomic E-state index is -1.19. The van der Waals surface area contributed by atoms with Crippen LogP contribution in [0.4, 0.5) is 20.3 Å². The molecule has 0 radical (unpaired) electrons. The van der Waals surface area contributed by atoms with E-state index in [1.54, 1.807) is 12.1 Å². The molecule has 2 N–H and O–H groups in total. The lowest BCUT2D eigenvalue weighted by Crippen LogP contribution is -2.13. The molecule has 0 spiro atoms. The smallest absolute Gasteiger partial charge is 0.337 e. The molecule has 1 aromatic heterocycles. The summed E-state index contributed by atoms with van der Waals surface area (Å²) in [5.41, 5.74) is 1.70. The lowest BCUT2D eigenvalue weighted by molar-refractivity contribution is 0.0698. The number of hydrogen-bond acceptors (Lipinski definition) is 3. The molecule has 0 amide bonds. The fourth-order valence-corrected chi connectivity index (χ4v) is 2.78. The SMILES string of the molecule is Cc1ccc(F)cc1-n1nc(C(C)(C)C)cc1Nc1cc(F)ccc1C(=O)O. The molecule has 0 unspecified atom stereocenters. The highest BCUT2D eigenvalue weighted by Gasteiger charge is 2.22. The van der Waals surface area contributed by atoms with Crippen LogP contribution in [-0.2, 0) is 5.41 Å². The molecule has 0 saturated heterocycles. The first-order chi connectivity index (χ1) is 13.1. The van der Waals surface area contributed by atoms with Crippen LogP contribution in [0.25, 0.3) is 5.69 Å². The van der Waals surface area contributed by atoms with Gasteiger partial charge in [-0.25, -0.2) is 18.3 Å². The maximum Gasteiger partial charge on any atom is 0.337 e. The fraction of sp³-hybridized carbons (Fsp3) is 0.238. The molecule has 1 heterocycles. The molecule has 0 aliphatic rings. The monoisotopic (exact) mass is 385 g/mol. The van der Waals surface area contributed by atoms with Crippen LogP contribution < -0.4 is 5.32 Å². The first-order valence-electron chi connectivity index (χ1n) is 8.73. The predicted octanol–water partition coefficient (Wildman–Crippen LogP) is 5.20. The summed E-state index contributed by atoms with van der Waals surface area (Å²) in [6, 6.07) is 9.48. The van der Waals surface area contributed by atoms with Crippen molar-refractivity contribution in [3.8, 4) is 5.69 Å². The number of nitrogens with zero attached hydrogens (tertiary/aromatic N) is 2. The van der Waals surface area contributed by atoms with Crippen LogP contribution >= 0.6 is 0 Å². The molecule has 0 fully saturated rings. The van der Waals surface area contributed by atoms with Crippen LogP contribution in [-0.4, -0.2) is 20.9 Å². The van der Waals surface area contributed by atoms with Crippen LogP contribution in [0.5, 0.6) is 0 Å². The van der Waals surface area contributed by atoms with Gasteiger partial charge in [0.2, 0.25) is 0 Å². The second-order valence-corrected chi connectivity index (χ2v) is 7.63. The number of carboxylic acids is 1. The largest absolute Gasteiger partial charge is 0.478 e. The summed E-state index contributed by atoms with van der Waals surface area (Å²) < 4.78 is 29.1. The zero-order valence-corrected chi connectivity index (χ0v) is 16.0. The van der Waals surface area contributed by atoms with Crippen LogP contribution in [0.3, 0.4) is 0 Å². The molecular formula is C21H21F2N3O2. The van der Waals surface area contributed by atoms with Crippen molar-refractivity contribution >= 4 is 17.5 Å². The summed E-state index contributed by atoms with van der Waals surface area (Å²) in [4.78, 5) is 11.5. The third-order valence-corrected chi connectivity index (χ3v) is 4.35. The van der Waals surface area contributed by atoms with Gasteiger partial charge in [0, 0.05) is 11.5 Å². The van der Waals surface area contributed by atoms with E-state index in [-0.39, 0.29) is 16.7 Å². The van der Waals surface area contributed by atoms with Gasteiger partial charge in [-0.05, 0) is 42.8 Å². The third-order valence-electron chi connectivity index (χ3n) is 4.35. The van der Waals surface area contributed by atoms with Crippen molar-refractivity contribution in [2.45, 2.75) is 33.1 Å². The fourth-order valence-electron chi connectivity index (χ4n) is 2.78. The molecule has 0 saturated carbocycles. The third kappa shape index (κ3) is 3.88. The molecule has 0 aliphatic heterocycles. The van der Waals surface area contributed by atoms with Gasteiger partial charge in [0.05, 0.1) is 22.6 Å². The summed E-state index contributed by atoms with van der Waals surface area (Å²) >= 11 is 0. The highest BCUT2D eigenvalue weighted by Crippen LogP contribution is 2.30. The van der Waals surface area contributed by atoms with E-state index in [4.69, 9.17) is 0 Å². The van der Waals surface area contributed by atoms with Crippen molar-refractivity contribution < 1.29 is 18.7 Å². The summed E-state index contributed by atoms with van der Waals surface area (Å²) in [6.45, 7) is 7.76. The molecule has 146 valence electrons. The topological polar surface area (TPSA) is 67.2 Å². The van der Waals surface area contributed by atoms with Crippen LogP contribution in [0.1, 0.15) is 42.4 Å². The maximum absolute atomic E-state index is 13.9.